The number of nitrogens with one attached hydrogen (secondary N) is 1. The van der Waals surface area contributed by atoms with Gasteiger partial charge < -0.3 is 5.32 Å². The van der Waals surface area contributed by atoms with E-state index >= 15 is 0 Å². The Bertz CT molecular complexity index is 1270. The van der Waals surface area contributed by atoms with Gasteiger partial charge in [-0.25, -0.2) is 0 Å². The monoisotopic (exact) mass is 530 g/mol. The molecule has 0 spiro atoms. The highest BCUT2D eigenvalue weighted by Gasteiger charge is 2.25. The molecule has 0 aliphatic carbocycles. The maximum absolute atomic E-state index is 12.9. The second kappa shape index (κ2) is 11.3. The predicted octanol–water partition coefficient (Wildman–Crippen LogP) is 7.02. The summed E-state index contributed by atoms with van der Waals surface area (Å²) in [7, 11) is 0. The fourth-order valence-electron chi connectivity index (χ4n) is 3.39. The van der Waals surface area contributed by atoms with Crippen molar-refractivity contribution >= 4 is 52.5 Å². The summed E-state index contributed by atoms with van der Waals surface area (Å²) in [4.78, 5) is 12.9. The number of carbonyl (C=O) groups excluding carboxylic acids is 1. The van der Waals surface area contributed by atoms with Gasteiger partial charge >= 0.3 is 0 Å². The van der Waals surface area contributed by atoms with Crippen LogP contribution in [0.3, 0.4) is 0 Å². The Morgan fingerprint density at radius 2 is 1.68 bits per heavy atom. The molecule has 1 heterocycles. The number of aromatic nitrogens is 3. The van der Waals surface area contributed by atoms with Crippen molar-refractivity contribution in [1.29, 1.82) is 0 Å². The van der Waals surface area contributed by atoms with Crippen LogP contribution in [0.2, 0.25) is 10.0 Å². The SMILES string of the molecule is CC(NC(=O)C(Cl)c1ccccc1)c1nnc(SCc2ccccc2)n1-c1cc(Cl)ccc1Cl. The van der Waals surface area contributed by atoms with Gasteiger partial charge in [0.05, 0.1) is 16.8 Å². The molecule has 0 bridgehead atoms. The maximum atomic E-state index is 12.9. The molecule has 0 saturated heterocycles. The average molecular weight is 532 g/mol. The van der Waals surface area contributed by atoms with E-state index in [0.29, 0.717) is 38.0 Å². The van der Waals surface area contributed by atoms with E-state index in [2.05, 4.69) is 15.5 Å². The zero-order valence-electron chi connectivity index (χ0n) is 18.2. The smallest absolute Gasteiger partial charge is 0.243 e. The lowest BCUT2D eigenvalue weighted by atomic mass is 10.1. The van der Waals surface area contributed by atoms with Gasteiger partial charge in [-0.1, -0.05) is 95.6 Å². The molecule has 2 unspecified atom stereocenters. The van der Waals surface area contributed by atoms with Crippen LogP contribution in [0.15, 0.2) is 84.0 Å². The number of carbonyl (C=O) groups is 1. The molecule has 4 rings (SSSR count). The zero-order chi connectivity index (χ0) is 24.1. The number of halogens is 3. The van der Waals surface area contributed by atoms with E-state index in [0.717, 1.165) is 5.56 Å². The Labute approximate surface area is 217 Å². The van der Waals surface area contributed by atoms with Crippen LogP contribution < -0.4 is 5.32 Å². The molecule has 5 nitrogen and oxygen atoms in total. The molecule has 0 aliphatic rings. The van der Waals surface area contributed by atoms with Gasteiger partial charge in [0.25, 0.3) is 0 Å². The van der Waals surface area contributed by atoms with E-state index in [1.54, 1.807) is 18.2 Å². The van der Waals surface area contributed by atoms with Gasteiger partial charge in [-0.2, -0.15) is 0 Å². The first-order chi connectivity index (χ1) is 16.4. The molecule has 4 aromatic rings. The van der Waals surface area contributed by atoms with E-state index in [1.165, 1.54) is 11.8 Å². The standard InChI is InChI=1S/C25H21Cl3N4OS/c1-16(29-24(33)22(28)18-10-6-3-7-11-18)23-30-31-25(34-15-17-8-4-2-5-9-17)32(23)21-14-19(26)12-13-20(21)27/h2-14,16,22H,15H2,1H3,(H,29,33). The third-order valence-electron chi connectivity index (χ3n) is 5.09. The van der Waals surface area contributed by atoms with E-state index in [9.17, 15) is 4.79 Å². The Morgan fingerprint density at radius 3 is 2.38 bits per heavy atom. The van der Waals surface area contributed by atoms with Gasteiger partial charge in [-0.15, -0.1) is 21.8 Å². The van der Waals surface area contributed by atoms with Crippen LogP contribution in [0.5, 0.6) is 0 Å². The normalized spacial score (nSPS) is 12.8. The van der Waals surface area contributed by atoms with Gasteiger partial charge in [0.1, 0.15) is 5.38 Å². The lowest BCUT2D eigenvalue weighted by Gasteiger charge is -2.19. The van der Waals surface area contributed by atoms with Crippen LogP contribution in [0, 0.1) is 0 Å². The van der Waals surface area contributed by atoms with Gasteiger partial charge in [-0.05, 0) is 36.2 Å². The Kier molecular flexibility index (Phi) is 8.16. The first-order valence-electron chi connectivity index (χ1n) is 10.5. The number of benzene rings is 3. The predicted molar refractivity (Wildman–Crippen MR) is 139 cm³/mol. The van der Waals surface area contributed by atoms with E-state index in [-0.39, 0.29) is 5.91 Å². The molecule has 0 fully saturated rings. The second-order valence-electron chi connectivity index (χ2n) is 7.55. The number of thioether (sulfide) groups is 1. The third-order valence-corrected chi connectivity index (χ3v) is 7.09. The molecule has 2 atom stereocenters. The summed E-state index contributed by atoms with van der Waals surface area (Å²) in [5, 5.41) is 12.6. The van der Waals surface area contributed by atoms with Crippen LogP contribution in [-0.2, 0) is 10.5 Å². The lowest BCUT2D eigenvalue weighted by molar-refractivity contribution is -0.121. The molecule has 9 heteroatoms. The highest BCUT2D eigenvalue weighted by Crippen LogP contribution is 2.33. The van der Waals surface area contributed by atoms with E-state index in [4.69, 9.17) is 34.8 Å². The Morgan fingerprint density at radius 1 is 1.00 bits per heavy atom. The summed E-state index contributed by atoms with van der Waals surface area (Å²) < 4.78 is 1.83. The summed E-state index contributed by atoms with van der Waals surface area (Å²) in [5.74, 6) is 0.881. The minimum Gasteiger partial charge on any atom is -0.345 e. The molecule has 1 amide bonds. The fourth-order valence-corrected chi connectivity index (χ4v) is 4.87. The van der Waals surface area contributed by atoms with Crippen molar-refractivity contribution in [3.05, 3.63) is 106 Å². The van der Waals surface area contributed by atoms with Crippen LogP contribution in [0.4, 0.5) is 0 Å². The number of hydrogen-bond donors (Lipinski definition) is 1. The maximum Gasteiger partial charge on any atom is 0.243 e. The molecule has 174 valence electrons. The van der Waals surface area contributed by atoms with Crippen molar-refractivity contribution in [2.45, 2.75) is 29.3 Å². The third kappa shape index (κ3) is 5.76. The van der Waals surface area contributed by atoms with Gasteiger partial charge in [0, 0.05) is 10.8 Å². The quantitative estimate of drug-likeness (QED) is 0.196. The van der Waals surface area contributed by atoms with Crippen molar-refractivity contribution < 1.29 is 4.79 Å². The molecule has 0 aliphatic heterocycles. The highest BCUT2D eigenvalue weighted by atomic mass is 35.5. The van der Waals surface area contributed by atoms with Crippen LogP contribution in [0.1, 0.15) is 35.3 Å². The summed E-state index contributed by atoms with van der Waals surface area (Å²) in [5.41, 5.74) is 2.50. The first-order valence-corrected chi connectivity index (χ1v) is 12.7. The zero-order valence-corrected chi connectivity index (χ0v) is 21.2. The molecule has 34 heavy (non-hydrogen) atoms. The average Bonchev–Trinajstić information content (AvgIpc) is 3.28. The Balaban J connectivity index is 1.64. The van der Waals surface area contributed by atoms with E-state index in [1.807, 2.05) is 72.2 Å². The van der Waals surface area contributed by atoms with Crippen LogP contribution in [0.25, 0.3) is 5.69 Å². The number of hydrogen-bond acceptors (Lipinski definition) is 4. The first kappa shape index (κ1) is 24.6. The molecule has 0 saturated carbocycles. The number of nitrogens with zero attached hydrogens (tertiary/aromatic N) is 3. The van der Waals surface area contributed by atoms with Crippen molar-refractivity contribution in [2.75, 3.05) is 0 Å². The fraction of sp³-hybridized carbons (Fsp3) is 0.160. The minimum absolute atomic E-state index is 0.328. The molecular weight excluding hydrogens is 511 g/mol. The highest BCUT2D eigenvalue weighted by molar-refractivity contribution is 7.98. The molecular formula is C25H21Cl3N4OS. The van der Waals surface area contributed by atoms with Crippen molar-refractivity contribution in [3.63, 3.8) is 0 Å². The topological polar surface area (TPSA) is 59.8 Å². The van der Waals surface area contributed by atoms with E-state index < -0.39 is 11.4 Å². The van der Waals surface area contributed by atoms with Crippen LogP contribution in [-0.4, -0.2) is 20.7 Å². The van der Waals surface area contributed by atoms with Gasteiger partial charge in [-0.3, -0.25) is 9.36 Å². The van der Waals surface area contributed by atoms with Crippen molar-refractivity contribution in [3.8, 4) is 5.69 Å². The van der Waals surface area contributed by atoms with Crippen LogP contribution >= 0.6 is 46.6 Å². The second-order valence-corrected chi connectivity index (χ2v) is 9.77. The van der Waals surface area contributed by atoms with Crippen molar-refractivity contribution in [2.24, 2.45) is 0 Å². The number of amides is 1. The molecule has 1 N–H and O–H groups in total. The van der Waals surface area contributed by atoms with Crippen molar-refractivity contribution in [1.82, 2.24) is 20.1 Å². The number of rotatable bonds is 8. The molecule has 1 aromatic heterocycles. The Hall–Kier alpha value is -2.51. The lowest BCUT2D eigenvalue weighted by Crippen LogP contribution is -2.31. The largest absolute Gasteiger partial charge is 0.345 e. The minimum atomic E-state index is -0.832. The van der Waals surface area contributed by atoms with Gasteiger partial charge in [0.2, 0.25) is 5.91 Å². The summed E-state index contributed by atoms with van der Waals surface area (Å²) >= 11 is 20.7. The summed E-state index contributed by atoms with van der Waals surface area (Å²) in [6, 6.07) is 24.0. The molecule has 0 radical (unpaired) electrons. The van der Waals surface area contributed by atoms with Gasteiger partial charge in [0.15, 0.2) is 11.0 Å². The summed E-state index contributed by atoms with van der Waals surface area (Å²) in [6.07, 6.45) is 0. The number of alkyl halides is 1. The summed E-state index contributed by atoms with van der Waals surface area (Å²) in [6.45, 7) is 1.83. The molecule has 3 aromatic carbocycles.